The molecule has 9 heteroatoms. The van der Waals surface area contributed by atoms with Crippen LogP contribution in [-0.4, -0.2) is 53.8 Å². The second-order valence-electron chi connectivity index (χ2n) is 12.8. The molecule has 1 aliphatic heterocycles. The lowest BCUT2D eigenvalue weighted by molar-refractivity contribution is -0.144. The Morgan fingerprint density at radius 2 is 1.84 bits per heavy atom. The first-order valence-electron chi connectivity index (χ1n) is 15.4. The van der Waals surface area contributed by atoms with Crippen LogP contribution >= 0.6 is 0 Å². The Morgan fingerprint density at radius 3 is 2.55 bits per heavy atom. The maximum Gasteiger partial charge on any atom is 0.310 e. The van der Waals surface area contributed by atoms with E-state index >= 15 is 0 Å². The van der Waals surface area contributed by atoms with Crippen molar-refractivity contribution in [3.63, 3.8) is 0 Å². The summed E-state index contributed by atoms with van der Waals surface area (Å²) in [5.74, 6) is 0.674. The maximum absolute atomic E-state index is 11.7. The summed E-state index contributed by atoms with van der Waals surface area (Å²) in [6.07, 6.45) is 2.79. The molecule has 7 rings (SSSR count). The quantitative estimate of drug-likeness (QED) is 0.226. The van der Waals surface area contributed by atoms with Gasteiger partial charge >= 0.3 is 5.97 Å². The fourth-order valence-electron chi connectivity index (χ4n) is 7.12. The molecule has 0 amide bonds. The minimum atomic E-state index is -0.658. The minimum absolute atomic E-state index is 0.203. The summed E-state index contributed by atoms with van der Waals surface area (Å²) in [5, 5.41) is 31.5. The molecule has 1 aliphatic carbocycles. The maximum atomic E-state index is 11.7. The van der Waals surface area contributed by atoms with Crippen molar-refractivity contribution in [2.24, 2.45) is 11.3 Å². The van der Waals surface area contributed by atoms with Crippen LogP contribution in [0, 0.1) is 25.2 Å². The topological polar surface area (TPSA) is 109 Å². The highest BCUT2D eigenvalue weighted by Gasteiger charge is 2.62. The highest BCUT2D eigenvalue weighted by molar-refractivity contribution is 5.94. The summed E-state index contributed by atoms with van der Waals surface area (Å²) in [6.45, 7) is 10.3. The molecule has 2 fully saturated rings. The molecular formula is C35H38N6O3. The van der Waals surface area contributed by atoms with Crippen molar-refractivity contribution in [3.05, 3.63) is 89.4 Å². The van der Waals surface area contributed by atoms with E-state index in [1.807, 2.05) is 71.0 Å². The van der Waals surface area contributed by atoms with Crippen molar-refractivity contribution in [2.75, 3.05) is 18.0 Å². The normalized spacial score (nSPS) is 20.2. The van der Waals surface area contributed by atoms with Gasteiger partial charge in [0.15, 0.2) is 0 Å². The van der Waals surface area contributed by atoms with E-state index in [9.17, 15) is 15.0 Å². The van der Waals surface area contributed by atoms with Crippen molar-refractivity contribution in [1.82, 2.24) is 24.5 Å². The molecule has 2 aromatic carbocycles. The second kappa shape index (κ2) is 10.6. The number of hydrogen-bond donors (Lipinski definition) is 2. The molecule has 3 aromatic heterocycles. The van der Waals surface area contributed by atoms with Gasteiger partial charge in [0, 0.05) is 41.5 Å². The molecule has 226 valence electrons. The van der Waals surface area contributed by atoms with E-state index in [1.54, 1.807) is 0 Å². The highest BCUT2D eigenvalue weighted by Crippen LogP contribution is 2.58. The van der Waals surface area contributed by atoms with E-state index in [0.29, 0.717) is 19.5 Å². The van der Waals surface area contributed by atoms with Crippen LogP contribution in [0.3, 0.4) is 0 Å². The summed E-state index contributed by atoms with van der Waals surface area (Å²) in [5.41, 5.74) is 7.18. The fourth-order valence-corrected chi connectivity index (χ4v) is 7.12. The standard InChI is InChI=1S/C35H38N6O3/c1-21(2)32-23(4)41(29-13-14-31(36-22(29)3)39-16-15-35(34(43)44)17-25(35)18-39)38-33(32)26-11-8-12-28-27(26)19-40(37-28)20-30(42)24-9-6-5-7-10-24/h5-14,19,21,25,30,42H,15-18,20H2,1-4H3,(H,43,44). The molecule has 44 heavy (non-hydrogen) atoms. The van der Waals surface area contributed by atoms with Crippen LogP contribution in [0.5, 0.6) is 0 Å². The summed E-state index contributed by atoms with van der Waals surface area (Å²) < 4.78 is 3.83. The monoisotopic (exact) mass is 590 g/mol. The first kappa shape index (κ1) is 28.3. The first-order chi connectivity index (χ1) is 21.2. The molecule has 1 saturated carbocycles. The number of aliphatic carboxylic acids is 1. The van der Waals surface area contributed by atoms with E-state index in [2.05, 4.69) is 37.8 Å². The van der Waals surface area contributed by atoms with Gasteiger partial charge in [-0.1, -0.05) is 56.3 Å². The summed E-state index contributed by atoms with van der Waals surface area (Å²) in [4.78, 5) is 18.9. The number of piperidine rings is 1. The first-order valence-corrected chi connectivity index (χ1v) is 15.4. The molecule has 4 heterocycles. The van der Waals surface area contributed by atoms with Crippen molar-refractivity contribution >= 4 is 22.7 Å². The molecule has 0 spiro atoms. The number of pyridine rings is 1. The number of aromatic nitrogens is 5. The molecule has 1 saturated heterocycles. The van der Waals surface area contributed by atoms with Gasteiger partial charge in [-0.05, 0) is 62.3 Å². The average molecular weight is 591 g/mol. The van der Waals surface area contributed by atoms with Gasteiger partial charge in [-0.2, -0.15) is 10.2 Å². The third-order valence-electron chi connectivity index (χ3n) is 9.66. The van der Waals surface area contributed by atoms with E-state index < -0.39 is 17.5 Å². The lowest BCUT2D eigenvalue weighted by Gasteiger charge is -2.31. The number of carbonyl (C=O) groups is 1. The molecule has 3 unspecified atom stereocenters. The smallest absolute Gasteiger partial charge is 0.310 e. The zero-order valence-corrected chi connectivity index (χ0v) is 25.6. The third kappa shape index (κ3) is 4.66. The number of anilines is 1. The van der Waals surface area contributed by atoms with Crippen molar-refractivity contribution < 1.29 is 15.0 Å². The molecule has 9 nitrogen and oxygen atoms in total. The van der Waals surface area contributed by atoms with Crippen LogP contribution in [0.2, 0.25) is 0 Å². The van der Waals surface area contributed by atoms with Crippen molar-refractivity contribution in [3.8, 4) is 16.9 Å². The number of aliphatic hydroxyl groups excluding tert-OH is 1. The van der Waals surface area contributed by atoms with Crippen LogP contribution < -0.4 is 4.90 Å². The summed E-state index contributed by atoms with van der Waals surface area (Å²) in [6, 6.07) is 19.9. The average Bonchev–Trinajstić information content (AvgIpc) is 3.47. The number of hydrogen-bond acceptors (Lipinski definition) is 6. The fraction of sp³-hybridized carbons (Fsp3) is 0.371. The second-order valence-corrected chi connectivity index (χ2v) is 12.8. The number of benzene rings is 2. The number of aryl methyl sites for hydroxylation is 1. The van der Waals surface area contributed by atoms with E-state index in [1.165, 1.54) is 5.56 Å². The van der Waals surface area contributed by atoms with Gasteiger partial charge < -0.3 is 15.1 Å². The number of fused-ring (bicyclic) bond motifs is 2. The third-order valence-corrected chi connectivity index (χ3v) is 9.66. The Labute approximate surface area is 256 Å². The van der Waals surface area contributed by atoms with Crippen LogP contribution in [-0.2, 0) is 11.3 Å². The SMILES string of the molecule is Cc1nc(N2CCC3(C(=O)O)CC3C2)ccc1-n1nc(-c2cccc3nn(CC(O)c4ccccc4)cc23)c(C(C)C)c1C. The molecule has 0 bridgehead atoms. The van der Waals surface area contributed by atoms with Gasteiger partial charge in [0.05, 0.1) is 40.7 Å². The molecule has 2 aliphatic rings. The van der Waals surface area contributed by atoms with Crippen LogP contribution in [0.15, 0.2) is 66.9 Å². The predicted molar refractivity (Wildman–Crippen MR) is 170 cm³/mol. The number of carboxylic acids is 1. The van der Waals surface area contributed by atoms with Gasteiger partial charge in [-0.15, -0.1) is 0 Å². The Hall–Kier alpha value is -4.50. The lowest BCUT2D eigenvalue weighted by Crippen LogP contribution is -2.38. The Balaban J connectivity index is 1.21. The largest absolute Gasteiger partial charge is 0.481 e. The van der Waals surface area contributed by atoms with E-state index in [0.717, 1.165) is 63.6 Å². The molecule has 5 aromatic rings. The molecule has 2 N–H and O–H groups in total. The van der Waals surface area contributed by atoms with Gasteiger partial charge in [0.1, 0.15) is 5.82 Å². The van der Waals surface area contributed by atoms with E-state index in [4.69, 9.17) is 15.2 Å². The zero-order chi connectivity index (χ0) is 30.7. The molecular weight excluding hydrogens is 552 g/mol. The Kier molecular flexibility index (Phi) is 6.81. The van der Waals surface area contributed by atoms with Crippen molar-refractivity contribution in [1.29, 1.82) is 0 Å². The van der Waals surface area contributed by atoms with Crippen molar-refractivity contribution in [2.45, 2.75) is 59.1 Å². The predicted octanol–water partition coefficient (Wildman–Crippen LogP) is 6.06. The van der Waals surface area contributed by atoms with Crippen LogP contribution in [0.25, 0.3) is 27.8 Å². The summed E-state index contributed by atoms with van der Waals surface area (Å²) >= 11 is 0. The van der Waals surface area contributed by atoms with E-state index in [-0.39, 0.29) is 11.8 Å². The Bertz CT molecular complexity index is 1880. The molecule has 0 radical (unpaired) electrons. The zero-order valence-electron chi connectivity index (χ0n) is 25.6. The number of nitrogens with zero attached hydrogens (tertiary/aromatic N) is 6. The number of carboxylic acid groups (broad SMARTS) is 1. The van der Waals surface area contributed by atoms with Crippen LogP contribution in [0.1, 0.15) is 61.2 Å². The van der Waals surface area contributed by atoms with Gasteiger partial charge in [-0.3, -0.25) is 9.48 Å². The minimum Gasteiger partial charge on any atom is -0.481 e. The van der Waals surface area contributed by atoms with Gasteiger partial charge in [-0.25, -0.2) is 9.67 Å². The molecule has 3 atom stereocenters. The highest BCUT2D eigenvalue weighted by atomic mass is 16.4. The Morgan fingerprint density at radius 1 is 1.05 bits per heavy atom. The summed E-state index contributed by atoms with van der Waals surface area (Å²) in [7, 11) is 0. The lowest BCUT2D eigenvalue weighted by atomic mass is 9.95. The number of aliphatic hydroxyl groups is 1. The van der Waals surface area contributed by atoms with Gasteiger partial charge in [0.2, 0.25) is 0 Å². The van der Waals surface area contributed by atoms with Gasteiger partial charge in [0.25, 0.3) is 0 Å². The van der Waals surface area contributed by atoms with Crippen LogP contribution in [0.4, 0.5) is 5.82 Å². The number of rotatable bonds is 8.